The molecule has 1 aliphatic rings. The van der Waals surface area contributed by atoms with E-state index in [1.807, 2.05) is 24.3 Å². The highest BCUT2D eigenvalue weighted by molar-refractivity contribution is 5.81. The zero-order valence-electron chi connectivity index (χ0n) is 11.9. The fourth-order valence-electron chi connectivity index (χ4n) is 2.51. The topological polar surface area (TPSA) is 62.5 Å². The number of para-hydroxylation sites is 1. The molecule has 4 nitrogen and oxygen atoms in total. The molecule has 1 aromatic heterocycles. The van der Waals surface area contributed by atoms with Gasteiger partial charge in [-0.05, 0) is 49.2 Å². The van der Waals surface area contributed by atoms with E-state index in [1.54, 1.807) is 24.3 Å². The van der Waals surface area contributed by atoms with Crippen molar-refractivity contribution >= 4 is 16.7 Å². The van der Waals surface area contributed by atoms with Crippen LogP contribution in [0.4, 0.5) is 5.69 Å². The van der Waals surface area contributed by atoms with Gasteiger partial charge in [0.05, 0.1) is 5.39 Å². The minimum Gasteiger partial charge on any atom is -0.502 e. The van der Waals surface area contributed by atoms with Crippen molar-refractivity contribution in [2.45, 2.75) is 18.9 Å². The van der Waals surface area contributed by atoms with Crippen LogP contribution in [0.3, 0.4) is 0 Å². The van der Waals surface area contributed by atoms with E-state index in [1.165, 1.54) is 12.8 Å². The minimum absolute atomic E-state index is 0.210. The maximum atomic E-state index is 12.2. The number of aromatic hydroxyl groups is 1. The lowest BCUT2D eigenvalue weighted by atomic mass is 10.1. The Morgan fingerprint density at radius 1 is 1.05 bits per heavy atom. The van der Waals surface area contributed by atoms with Gasteiger partial charge in [0.1, 0.15) is 5.58 Å². The molecule has 0 spiro atoms. The molecule has 4 rings (SSSR count). The van der Waals surface area contributed by atoms with Gasteiger partial charge in [0, 0.05) is 17.3 Å². The number of hydrogen-bond acceptors (Lipinski definition) is 4. The average Bonchev–Trinajstić information content (AvgIpc) is 3.36. The predicted octanol–water partition coefficient (Wildman–Crippen LogP) is 3.74. The second-order valence-corrected chi connectivity index (χ2v) is 5.60. The maximum Gasteiger partial charge on any atom is 0.235 e. The van der Waals surface area contributed by atoms with Crippen LogP contribution in [0.15, 0.2) is 57.7 Å². The SMILES string of the molecule is O=c1c(O)c(-c2ccc(NC3CC3)cc2)oc2ccccc12. The fraction of sp³-hybridized carbons (Fsp3) is 0.167. The smallest absolute Gasteiger partial charge is 0.235 e. The quantitative estimate of drug-likeness (QED) is 0.772. The molecule has 2 N–H and O–H groups in total. The molecule has 0 radical (unpaired) electrons. The van der Waals surface area contributed by atoms with Gasteiger partial charge in [-0.25, -0.2) is 0 Å². The van der Waals surface area contributed by atoms with Crippen molar-refractivity contribution in [3.63, 3.8) is 0 Å². The van der Waals surface area contributed by atoms with Crippen LogP contribution in [-0.2, 0) is 0 Å². The van der Waals surface area contributed by atoms with Crippen LogP contribution in [0, 0.1) is 0 Å². The summed E-state index contributed by atoms with van der Waals surface area (Å²) in [4.78, 5) is 12.2. The zero-order valence-corrected chi connectivity index (χ0v) is 11.9. The van der Waals surface area contributed by atoms with E-state index in [0.717, 1.165) is 5.69 Å². The van der Waals surface area contributed by atoms with E-state index >= 15 is 0 Å². The van der Waals surface area contributed by atoms with Gasteiger partial charge in [0.15, 0.2) is 5.76 Å². The second-order valence-electron chi connectivity index (χ2n) is 5.60. The Balaban J connectivity index is 1.79. The lowest BCUT2D eigenvalue weighted by molar-refractivity contribution is 0.449. The first-order valence-electron chi connectivity index (χ1n) is 7.34. The van der Waals surface area contributed by atoms with Gasteiger partial charge in [-0.3, -0.25) is 4.79 Å². The maximum absolute atomic E-state index is 12.2. The number of rotatable bonds is 3. The summed E-state index contributed by atoms with van der Waals surface area (Å²) in [7, 11) is 0. The summed E-state index contributed by atoms with van der Waals surface area (Å²) in [6.45, 7) is 0. The zero-order chi connectivity index (χ0) is 15.1. The monoisotopic (exact) mass is 293 g/mol. The van der Waals surface area contributed by atoms with Crippen LogP contribution in [0.25, 0.3) is 22.3 Å². The average molecular weight is 293 g/mol. The molecular formula is C18H15NO3. The number of benzene rings is 2. The molecule has 2 aromatic carbocycles. The standard InChI is InChI=1S/C18H15NO3/c20-16-14-3-1-2-4-15(14)22-18(17(16)21)11-5-7-12(8-6-11)19-13-9-10-13/h1-8,13,19,21H,9-10H2. The third kappa shape index (κ3) is 2.22. The molecule has 1 saturated carbocycles. The summed E-state index contributed by atoms with van der Waals surface area (Å²) in [5, 5.41) is 13.9. The number of fused-ring (bicyclic) bond motifs is 1. The van der Waals surface area contributed by atoms with Crippen molar-refractivity contribution in [1.82, 2.24) is 0 Å². The normalized spacial score (nSPS) is 14.2. The molecule has 0 saturated heterocycles. The number of nitrogens with one attached hydrogen (secondary N) is 1. The van der Waals surface area contributed by atoms with Crippen molar-refractivity contribution in [2.24, 2.45) is 0 Å². The summed E-state index contributed by atoms with van der Waals surface area (Å²) >= 11 is 0. The predicted molar refractivity (Wildman–Crippen MR) is 86.2 cm³/mol. The summed E-state index contributed by atoms with van der Waals surface area (Å²) in [5.41, 5.74) is 1.79. The van der Waals surface area contributed by atoms with Crippen LogP contribution in [-0.4, -0.2) is 11.1 Å². The molecule has 0 unspecified atom stereocenters. The molecule has 0 amide bonds. The molecule has 22 heavy (non-hydrogen) atoms. The minimum atomic E-state index is -0.406. The molecule has 3 aromatic rings. The molecule has 1 aliphatic carbocycles. The molecule has 1 heterocycles. The highest BCUT2D eigenvalue weighted by Crippen LogP contribution is 2.31. The third-order valence-electron chi connectivity index (χ3n) is 3.87. The van der Waals surface area contributed by atoms with Crippen molar-refractivity contribution < 1.29 is 9.52 Å². The van der Waals surface area contributed by atoms with Crippen LogP contribution < -0.4 is 10.7 Å². The van der Waals surface area contributed by atoms with E-state index in [2.05, 4.69) is 5.32 Å². The van der Waals surface area contributed by atoms with Gasteiger partial charge in [0.25, 0.3) is 0 Å². The van der Waals surface area contributed by atoms with E-state index in [4.69, 9.17) is 4.42 Å². The first-order chi connectivity index (χ1) is 10.7. The second kappa shape index (κ2) is 4.91. The summed E-state index contributed by atoms with van der Waals surface area (Å²) in [5.74, 6) is -0.136. The third-order valence-corrected chi connectivity index (χ3v) is 3.87. The van der Waals surface area contributed by atoms with E-state index in [9.17, 15) is 9.90 Å². The van der Waals surface area contributed by atoms with E-state index < -0.39 is 5.43 Å². The van der Waals surface area contributed by atoms with Crippen molar-refractivity contribution in [3.05, 3.63) is 58.8 Å². The molecule has 0 atom stereocenters. The largest absolute Gasteiger partial charge is 0.502 e. The van der Waals surface area contributed by atoms with Crippen LogP contribution >= 0.6 is 0 Å². The summed E-state index contributed by atoms with van der Waals surface area (Å²) < 4.78 is 5.72. The Labute approximate surface area is 127 Å². The van der Waals surface area contributed by atoms with Gasteiger partial charge in [-0.15, -0.1) is 0 Å². The molecule has 1 fully saturated rings. The Morgan fingerprint density at radius 3 is 2.50 bits per heavy atom. The van der Waals surface area contributed by atoms with Crippen molar-refractivity contribution in [3.8, 4) is 17.1 Å². The Bertz CT molecular complexity index is 892. The van der Waals surface area contributed by atoms with E-state index in [0.29, 0.717) is 22.6 Å². The summed E-state index contributed by atoms with van der Waals surface area (Å²) in [6.07, 6.45) is 2.42. The van der Waals surface area contributed by atoms with Crippen LogP contribution in [0.1, 0.15) is 12.8 Å². The van der Waals surface area contributed by atoms with Gasteiger partial charge in [-0.1, -0.05) is 12.1 Å². The van der Waals surface area contributed by atoms with Crippen LogP contribution in [0.5, 0.6) is 5.75 Å². The molecule has 0 aliphatic heterocycles. The van der Waals surface area contributed by atoms with Gasteiger partial charge < -0.3 is 14.8 Å². The van der Waals surface area contributed by atoms with Crippen molar-refractivity contribution in [1.29, 1.82) is 0 Å². The van der Waals surface area contributed by atoms with Crippen LogP contribution in [0.2, 0.25) is 0 Å². The first-order valence-corrected chi connectivity index (χ1v) is 7.34. The number of anilines is 1. The lowest BCUT2D eigenvalue weighted by Crippen LogP contribution is -2.02. The molecular weight excluding hydrogens is 278 g/mol. The molecule has 110 valence electrons. The van der Waals surface area contributed by atoms with Crippen molar-refractivity contribution in [2.75, 3.05) is 5.32 Å². The highest BCUT2D eigenvalue weighted by atomic mass is 16.4. The summed E-state index contributed by atoms with van der Waals surface area (Å²) in [6, 6.07) is 15.1. The Hall–Kier alpha value is -2.75. The van der Waals surface area contributed by atoms with Gasteiger partial charge >= 0.3 is 0 Å². The molecule has 4 heteroatoms. The first kappa shape index (κ1) is 13.0. The Kier molecular flexibility index (Phi) is 2.89. The van der Waals surface area contributed by atoms with Gasteiger partial charge in [0.2, 0.25) is 11.2 Å². The van der Waals surface area contributed by atoms with Gasteiger partial charge in [-0.2, -0.15) is 0 Å². The van der Waals surface area contributed by atoms with E-state index in [-0.39, 0.29) is 11.5 Å². The highest BCUT2D eigenvalue weighted by Gasteiger charge is 2.21. The number of hydrogen-bond donors (Lipinski definition) is 2. The fourth-order valence-corrected chi connectivity index (χ4v) is 2.51. The lowest BCUT2D eigenvalue weighted by Gasteiger charge is -2.08. The molecule has 0 bridgehead atoms. The Morgan fingerprint density at radius 2 is 1.77 bits per heavy atom.